The summed E-state index contributed by atoms with van der Waals surface area (Å²) in [6, 6.07) is 24.6. The summed E-state index contributed by atoms with van der Waals surface area (Å²) in [5.41, 5.74) is 2.01. The molecule has 0 unspecified atom stereocenters. The number of nitrogens with one attached hydrogen (secondary N) is 1. The van der Waals surface area contributed by atoms with Gasteiger partial charge in [-0.25, -0.2) is 17.2 Å². The standard InChI is InChI=1S/C35H37F2N3O4S/c1-4-26(3)38-35(42)33(22-27-10-6-5-7-11-27)39(23-28-12-8-9-13-32(28)37)34(41)24-40(30-18-14-25(2)15-19-30)45(43,44)31-20-16-29(36)17-21-31/h5-21,26,33H,4,22-24H2,1-3H3,(H,38,42)/t26-,33-/m0/s1. The van der Waals surface area contributed by atoms with Crippen LogP contribution in [0.15, 0.2) is 108 Å². The Morgan fingerprint density at radius 1 is 0.844 bits per heavy atom. The predicted octanol–water partition coefficient (Wildman–Crippen LogP) is 6.02. The second kappa shape index (κ2) is 14.9. The van der Waals surface area contributed by atoms with Crippen LogP contribution in [-0.2, 0) is 32.6 Å². The fourth-order valence-electron chi connectivity index (χ4n) is 4.78. The van der Waals surface area contributed by atoms with E-state index < -0.39 is 46.1 Å². The van der Waals surface area contributed by atoms with Crippen LogP contribution < -0.4 is 9.62 Å². The maximum Gasteiger partial charge on any atom is 0.264 e. The van der Waals surface area contributed by atoms with Crippen molar-refractivity contribution < 1.29 is 26.8 Å². The quantitative estimate of drug-likeness (QED) is 0.195. The minimum absolute atomic E-state index is 0.110. The first-order chi connectivity index (χ1) is 21.5. The Bertz CT molecular complexity index is 1700. The smallest absolute Gasteiger partial charge is 0.264 e. The molecular formula is C35H37F2N3O4S. The van der Waals surface area contributed by atoms with E-state index in [0.717, 1.165) is 39.7 Å². The number of hydrogen-bond acceptors (Lipinski definition) is 4. The maximum atomic E-state index is 15.0. The Morgan fingerprint density at radius 2 is 1.47 bits per heavy atom. The van der Waals surface area contributed by atoms with E-state index in [9.17, 15) is 22.4 Å². The summed E-state index contributed by atoms with van der Waals surface area (Å²) in [7, 11) is -4.38. The number of nitrogens with zero attached hydrogens (tertiary/aromatic N) is 2. The molecule has 0 fully saturated rings. The van der Waals surface area contributed by atoms with Crippen LogP contribution in [-0.4, -0.2) is 43.8 Å². The molecule has 4 aromatic carbocycles. The third kappa shape index (κ3) is 8.54. The molecule has 2 amide bonds. The van der Waals surface area contributed by atoms with E-state index in [-0.39, 0.29) is 35.2 Å². The molecule has 45 heavy (non-hydrogen) atoms. The number of anilines is 1. The molecular weight excluding hydrogens is 596 g/mol. The van der Waals surface area contributed by atoms with E-state index in [4.69, 9.17) is 0 Å². The molecule has 0 aromatic heterocycles. The molecule has 10 heteroatoms. The third-order valence-corrected chi connectivity index (χ3v) is 9.36. The maximum absolute atomic E-state index is 15.0. The Labute approximate surface area is 263 Å². The Morgan fingerprint density at radius 3 is 2.09 bits per heavy atom. The first-order valence-corrected chi connectivity index (χ1v) is 16.2. The lowest BCUT2D eigenvalue weighted by molar-refractivity contribution is -0.140. The van der Waals surface area contributed by atoms with Gasteiger partial charge in [0.2, 0.25) is 11.8 Å². The van der Waals surface area contributed by atoms with Gasteiger partial charge < -0.3 is 10.2 Å². The molecule has 0 saturated carbocycles. The van der Waals surface area contributed by atoms with E-state index in [1.807, 2.05) is 51.1 Å². The lowest BCUT2D eigenvalue weighted by Crippen LogP contribution is -2.54. The normalized spacial score (nSPS) is 12.6. The van der Waals surface area contributed by atoms with E-state index >= 15 is 4.39 Å². The molecule has 0 aliphatic carbocycles. The van der Waals surface area contributed by atoms with Gasteiger partial charge in [-0.05, 0) is 68.3 Å². The van der Waals surface area contributed by atoms with Gasteiger partial charge in [-0.15, -0.1) is 0 Å². The van der Waals surface area contributed by atoms with Gasteiger partial charge in [-0.1, -0.05) is 73.2 Å². The Balaban J connectivity index is 1.81. The van der Waals surface area contributed by atoms with Crippen molar-refractivity contribution in [2.75, 3.05) is 10.8 Å². The van der Waals surface area contributed by atoms with Crippen molar-refractivity contribution in [2.45, 2.75) is 57.1 Å². The van der Waals surface area contributed by atoms with Gasteiger partial charge in [0.1, 0.15) is 24.2 Å². The first kappa shape index (κ1) is 33.3. The molecule has 0 radical (unpaired) electrons. The van der Waals surface area contributed by atoms with Crippen LogP contribution in [0.5, 0.6) is 0 Å². The molecule has 0 bridgehead atoms. The van der Waals surface area contributed by atoms with Crippen LogP contribution in [0.2, 0.25) is 0 Å². The lowest BCUT2D eigenvalue weighted by atomic mass is 10.0. The van der Waals surface area contributed by atoms with Gasteiger partial charge >= 0.3 is 0 Å². The number of carbonyl (C=O) groups excluding carboxylic acids is 2. The van der Waals surface area contributed by atoms with Crippen molar-refractivity contribution in [3.05, 3.63) is 131 Å². The third-order valence-electron chi connectivity index (χ3n) is 7.57. The molecule has 236 valence electrons. The Kier molecular flexibility index (Phi) is 11.1. The average molecular weight is 634 g/mol. The van der Waals surface area contributed by atoms with Gasteiger partial charge in [0.25, 0.3) is 10.0 Å². The van der Waals surface area contributed by atoms with Crippen LogP contribution >= 0.6 is 0 Å². The van der Waals surface area contributed by atoms with Gasteiger partial charge in [0.15, 0.2) is 0 Å². The summed E-state index contributed by atoms with van der Waals surface area (Å²) in [4.78, 5) is 29.2. The van der Waals surface area contributed by atoms with Crippen molar-refractivity contribution in [1.29, 1.82) is 0 Å². The summed E-state index contributed by atoms with van der Waals surface area (Å²) < 4.78 is 57.6. The Hall–Kier alpha value is -4.57. The number of halogens is 2. The molecule has 1 N–H and O–H groups in total. The monoisotopic (exact) mass is 633 g/mol. The first-order valence-electron chi connectivity index (χ1n) is 14.7. The van der Waals surface area contributed by atoms with Gasteiger partial charge in [-0.3, -0.25) is 13.9 Å². The highest BCUT2D eigenvalue weighted by atomic mass is 32.2. The van der Waals surface area contributed by atoms with Crippen molar-refractivity contribution in [3.8, 4) is 0 Å². The topological polar surface area (TPSA) is 86.8 Å². The fraction of sp³-hybridized carbons (Fsp3) is 0.257. The molecule has 4 rings (SSSR count). The number of aryl methyl sites for hydroxylation is 1. The molecule has 0 heterocycles. The number of carbonyl (C=O) groups is 2. The van der Waals surface area contributed by atoms with Crippen LogP contribution in [0.3, 0.4) is 0 Å². The van der Waals surface area contributed by atoms with Crippen LogP contribution in [0.4, 0.5) is 14.5 Å². The zero-order valence-electron chi connectivity index (χ0n) is 25.5. The molecule has 0 spiro atoms. The number of rotatable bonds is 13. The zero-order chi connectivity index (χ0) is 32.6. The van der Waals surface area contributed by atoms with Crippen LogP contribution in [0.1, 0.15) is 37.0 Å². The van der Waals surface area contributed by atoms with Crippen molar-refractivity contribution in [1.82, 2.24) is 10.2 Å². The molecule has 7 nitrogen and oxygen atoms in total. The lowest BCUT2D eigenvalue weighted by Gasteiger charge is -2.34. The predicted molar refractivity (Wildman–Crippen MR) is 171 cm³/mol. The van der Waals surface area contributed by atoms with Crippen LogP contribution in [0.25, 0.3) is 0 Å². The largest absolute Gasteiger partial charge is 0.352 e. The van der Waals surface area contributed by atoms with E-state index in [2.05, 4.69) is 5.32 Å². The number of hydrogen-bond donors (Lipinski definition) is 1. The van der Waals surface area contributed by atoms with Crippen LogP contribution in [0, 0.1) is 18.6 Å². The average Bonchev–Trinajstić information content (AvgIpc) is 3.03. The van der Waals surface area contributed by atoms with Crippen molar-refractivity contribution in [3.63, 3.8) is 0 Å². The number of amides is 2. The molecule has 0 aliphatic heterocycles. The highest BCUT2D eigenvalue weighted by Crippen LogP contribution is 2.26. The molecule has 0 aliphatic rings. The van der Waals surface area contributed by atoms with Crippen molar-refractivity contribution in [2.24, 2.45) is 0 Å². The summed E-state index contributed by atoms with van der Waals surface area (Å²) in [6.07, 6.45) is 0.751. The SMILES string of the molecule is CC[C@H](C)NC(=O)[C@H](Cc1ccccc1)N(Cc1ccccc1F)C(=O)CN(c1ccc(C)cc1)S(=O)(=O)c1ccc(F)cc1. The van der Waals surface area contributed by atoms with E-state index in [1.165, 1.54) is 23.1 Å². The highest BCUT2D eigenvalue weighted by Gasteiger charge is 2.35. The van der Waals surface area contributed by atoms with Crippen molar-refractivity contribution >= 4 is 27.5 Å². The van der Waals surface area contributed by atoms with Gasteiger partial charge in [0.05, 0.1) is 10.6 Å². The highest BCUT2D eigenvalue weighted by molar-refractivity contribution is 7.92. The second-order valence-electron chi connectivity index (χ2n) is 10.9. The molecule has 4 aromatic rings. The summed E-state index contributed by atoms with van der Waals surface area (Å²) in [6.45, 7) is 4.62. The summed E-state index contributed by atoms with van der Waals surface area (Å²) >= 11 is 0. The van der Waals surface area contributed by atoms with Gasteiger partial charge in [0, 0.05) is 24.6 Å². The summed E-state index contributed by atoms with van der Waals surface area (Å²) in [5.74, 6) is -2.34. The number of sulfonamides is 1. The number of benzene rings is 4. The molecule has 2 atom stereocenters. The minimum atomic E-state index is -4.38. The van der Waals surface area contributed by atoms with E-state index in [1.54, 1.807) is 30.3 Å². The second-order valence-corrected chi connectivity index (χ2v) is 12.8. The van der Waals surface area contributed by atoms with Gasteiger partial charge in [-0.2, -0.15) is 0 Å². The summed E-state index contributed by atoms with van der Waals surface area (Å²) in [5, 5.41) is 2.94. The molecule has 0 saturated heterocycles. The fourth-order valence-corrected chi connectivity index (χ4v) is 6.19. The van der Waals surface area contributed by atoms with E-state index in [0.29, 0.717) is 6.42 Å². The zero-order valence-corrected chi connectivity index (χ0v) is 26.3. The minimum Gasteiger partial charge on any atom is -0.352 e.